The molecule has 0 spiro atoms. The number of pyridine rings is 1. The van der Waals surface area contributed by atoms with Gasteiger partial charge in [-0.05, 0) is 55.8 Å². The fraction of sp³-hybridized carbons (Fsp3) is 0.333. The maximum Gasteiger partial charge on any atom is 0.264 e. The van der Waals surface area contributed by atoms with E-state index in [1.54, 1.807) is 48.7 Å². The number of nitrogens with zero attached hydrogens (tertiary/aromatic N) is 3. The Kier molecular flexibility index (Phi) is 5.35. The van der Waals surface area contributed by atoms with Crippen LogP contribution in [-0.4, -0.2) is 60.8 Å². The molecule has 1 aromatic heterocycles. The van der Waals surface area contributed by atoms with E-state index in [-0.39, 0.29) is 10.8 Å². The molecular formula is C24H26N4O3S. The number of likely N-dealkylation sites (N-methyl/N-ethyl adjacent to an activating group) is 1. The van der Waals surface area contributed by atoms with Crippen LogP contribution in [0.3, 0.4) is 0 Å². The van der Waals surface area contributed by atoms with Crippen molar-refractivity contribution in [2.75, 3.05) is 24.4 Å². The molecule has 2 aromatic carbocycles. The molecule has 2 atom stereocenters. The number of carbonyl (C=O) groups is 1. The van der Waals surface area contributed by atoms with Gasteiger partial charge in [-0.3, -0.25) is 19.4 Å². The molecule has 2 aliphatic rings. The lowest BCUT2D eigenvalue weighted by atomic mass is 10.1. The highest BCUT2D eigenvalue weighted by atomic mass is 32.2. The number of anilines is 1. The van der Waals surface area contributed by atoms with Crippen LogP contribution in [-0.2, 0) is 10.0 Å². The molecule has 0 aliphatic carbocycles. The Balaban J connectivity index is 1.32. The molecule has 2 fully saturated rings. The monoisotopic (exact) mass is 450 g/mol. The smallest absolute Gasteiger partial charge is 0.264 e. The third kappa shape index (κ3) is 3.73. The molecule has 7 nitrogen and oxygen atoms in total. The van der Waals surface area contributed by atoms with Crippen LogP contribution in [0.15, 0.2) is 65.7 Å². The number of hydrogen-bond acceptors (Lipinski definition) is 5. The standard InChI is InChI=1S/C24H26N4O3S/c1-2-28-20-12-13-21(28)16-27(15-20)24(29)18-8-10-19(11-9-18)26-32(30,31)22-7-3-5-17-6-4-14-25-23(17)22/h3-11,14,20-21,26H,2,12-13,15-16H2,1H3. The molecule has 0 saturated carbocycles. The van der Waals surface area contributed by atoms with Gasteiger partial charge in [0.05, 0.1) is 5.52 Å². The van der Waals surface area contributed by atoms with Gasteiger partial charge >= 0.3 is 0 Å². The number of benzene rings is 2. The summed E-state index contributed by atoms with van der Waals surface area (Å²) in [7, 11) is -3.82. The molecule has 1 amide bonds. The number of carbonyl (C=O) groups excluding carboxylic acids is 1. The van der Waals surface area contributed by atoms with Crippen molar-refractivity contribution in [1.29, 1.82) is 0 Å². The molecule has 8 heteroatoms. The van der Waals surface area contributed by atoms with Gasteiger partial charge in [-0.2, -0.15) is 0 Å². The van der Waals surface area contributed by atoms with Gasteiger partial charge in [0.15, 0.2) is 0 Å². The zero-order valence-electron chi connectivity index (χ0n) is 17.9. The number of fused-ring (bicyclic) bond motifs is 3. The second-order valence-corrected chi connectivity index (χ2v) is 10.1. The summed E-state index contributed by atoms with van der Waals surface area (Å²) in [5, 5.41) is 0.758. The minimum absolute atomic E-state index is 0.00492. The van der Waals surface area contributed by atoms with E-state index in [2.05, 4.69) is 21.5 Å². The van der Waals surface area contributed by atoms with E-state index in [9.17, 15) is 13.2 Å². The second-order valence-electron chi connectivity index (χ2n) is 8.44. The first-order valence-electron chi connectivity index (χ1n) is 11.0. The van der Waals surface area contributed by atoms with Crippen molar-refractivity contribution < 1.29 is 13.2 Å². The summed E-state index contributed by atoms with van der Waals surface area (Å²) in [5.41, 5.74) is 1.41. The van der Waals surface area contributed by atoms with Crippen molar-refractivity contribution in [2.24, 2.45) is 0 Å². The largest absolute Gasteiger partial charge is 0.336 e. The SMILES string of the molecule is CCN1C2CCC1CN(C(=O)c1ccc(NS(=O)(=O)c3cccc4cccnc34)cc1)C2. The summed E-state index contributed by atoms with van der Waals surface area (Å²) >= 11 is 0. The van der Waals surface area contributed by atoms with Gasteiger partial charge in [0.25, 0.3) is 15.9 Å². The lowest BCUT2D eigenvalue weighted by molar-refractivity contribution is 0.0466. The average Bonchev–Trinajstić information content (AvgIpc) is 3.05. The number of aromatic nitrogens is 1. The Bertz CT molecular complexity index is 1240. The van der Waals surface area contributed by atoms with Crippen LogP contribution in [0, 0.1) is 0 Å². The van der Waals surface area contributed by atoms with Gasteiger partial charge in [-0.1, -0.05) is 25.1 Å². The van der Waals surface area contributed by atoms with Crippen LogP contribution in [0.2, 0.25) is 0 Å². The second kappa shape index (κ2) is 8.18. The van der Waals surface area contributed by atoms with E-state index in [0.717, 1.165) is 37.9 Å². The average molecular weight is 451 g/mol. The molecule has 1 N–H and O–H groups in total. The van der Waals surface area contributed by atoms with Crippen LogP contribution in [0.5, 0.6) is 0 Å². The van der Waals surface area contributed by atoms with Crippen LogP contribution < -0.4 is 4.72 Å². The first-order chi connectivity index (χ1) is 15.5. The number of hydrogen-bond donors (Lipinski definition) is 1. The highest BCUT2D eigenvalue weighted by molar-refractivity contribution is 7.93. The molecule has 2 unspecified atom stereocenters. The van der Waals surface area contributed by atoms with Crippen molar-refractivity contribution in [2.45, 2.75) is 36.7 Å². The van der Waals surface area contributed by atoms with Crippen molar-refractivity contribution in [3.05, 3.63) is 66.4 Å². The van der Waals surface area contributed by atoms with Gasteiger partial charge in [0, 0.05) is 48.0 Å². The van der Waals surface area contributed by atoms with Crippen molar-refractivity contribution in [1.82, 2.24) is 14.8 Å². The maximum atomic E-state index is 13.0. The number of nitrogens with one attached hydrogen (secondary N) is 1. The van der Waals surface area contributed by atoms with Crippen molar-refractivity contribution >= 4 is 32.5 Å². The summed E-state index contributed by atoms with van der Waals surface area (Å²) in [6, 6.07) is 16.2. The minimum Gasteiger partial charge on any atom is -0.336 e. The molecule has 3 aromatic rings. The third-order valence-corrected chi connectivity index (χ3v) is 7.97. The van der Waals surface area contributed by atoms with Crippen LogP contribution in [0.25, 0.3) is 10.9 Å². The Morgan fingerprint density at radius 3 is 2.41 bits per heavy atom. The molecule has 2 saturated heterocycles. The van der Waals surface area contributed by atoms with Crippen LogP contribution in [0.4, 0.5) is 5.69 Å². The predicted octanol–water partition coefficient (Wildman–Crippen LogP) is 3.34. The normalized spacial score (nSPS) is 21.1. The molecule has 5 rings (SSSR count). The van der Waals surface area contributed by atoms with Gasteiger partial charge in [-0.25, -0.2) is 8.42 Å². The predicted molar refractivity (Wildman–Crippen MR) is 124 cm³/mol. The first kappa shape index (κ1) is 20.9. The summed E-state index contributed by atoms with van der Waals surface area (Å²) in [5.74, 6) is 0.00492. The number of piperazine rings is 1. The summed E-state index contributed by atoms with van der Waals surface area (Å²) in [6.07, 6.45) is 3.87. The quantitative estimate of drug-likeness (QED) is 0.645. The van der Waals surface area contributed by atoms with E-state index in [0.29, 0.717) is 28.9 Å². The summed E-state index contributed by atoms with van der Waals surface area (Å²) < 4.78 is 28.6. The summed E-state index contributed by atoms with van der Waals surface area (Å²) in [4.78, 5) is 21.8. The lowest BCUT2D eigenvalue weighted by Gasteiger charge is -2.40. The Hall–Kier alpha value is -2.97. The Labute approximate surface area is 188 Å². The molecule has 2 bridgehead atoms. The Morgan fingerprint density at radius 1 is 1.03 bits per heavy atom. The van der Waals surface area contributed by atoms with Crippen molar-refractivity contribution in [3.63, 3.8) is 0 Å². The van der Waals surface area contributed by atoms with Gasteiger partial charge < -0.3 is 4.90 Å². The number of para-hydroxylation sites is 1. The maximum absolute atomic E-state index is 13.0. The van der Waals surface area contributed by atoms with Gasteiger partial charge in [0.1, 0.15) is 4.90 Å². The first-order valence-corrected chi connectivity index (χ1v) is 12.5. The topological polar surface area (TPSA) is 82.6 Å². The fourth-order valence-corrected chi connectivity index (χ4v) is 6.28. The Morgan fingerprint density at radius 2 is 1.72 bits per heavy atom. The molecule has 0 radical (unpaired) electrons. The van der Waals surface area contributed by atoms with Gasteiger partial charge in [-0.15, -0.1) is 0 Å². The van der Waals surface area contributed by atoms with Crippen LogP contribution >= 0.6 is 0 Å². The third-order valence-electron chi connectivity index (χ3n) is 6.56. The molecular weight excluding hydrogens is 424 g/mol. The van der Waals surface area contributed by atoms with E-state index < -0.39 is 10.0 Å². The minimum atomic E-state index is -3.82. The van der Waals surface area contributed by atoms with Crippen LogP contribution in [0.1, 0.15) is 30.1 Å². The zero-order chi connectivity index (χ0) is 22.3. The molecule has 166 valence electrons. The molecule has 3 heterocycles. The zero-order valence-corrected chi connectivity index (χ0v) is 18.8. The number of amides is 1. The van der Waals surface area contributed by atoms with E-state index in [1.165, 1.54) is 0 Å². The van der Waals surface area contributed by atoms with E-state index >= 15 is 0 Å². The number of sulfonamides is 1. The van der Waals surface area contributed by atoms with Gasteiger partial charge in [0.2, 0.25) is 0 Å². The highest BCUT2D eigenvalue weighted by Crippen LogP contribution is 2.30. The number of rotatable bonds is 5. The highest BCUT2D eigenvalue weighted by Gasteiger charge is 2.40. The molecule has 2 aliphatic heterocycles. The fourth-order valence-electron chi connectivity index (χ4n) is 5.04. The lowest BCUT2D eigenvalue weighted by Crippen LogP contribution is -2.55. The van der Waals surface area contributed by atoms with Crippen molar-refractivity contribution in [3.8, 4) is 0 Å². The number of likely N-dealkylation sites (tertiary alicyclic amines) is 1. The van der Waals surface area contributed by atoms with E-state index in [4.69, 9.17) is 0 Å². The molecule has 32 heavy (non-hydrogen) atoms. The summed E-state index contributed by atoms with van der Waals surface area (Å²) in [6.45, 7) is 4.71. The van der Waals surface area contributed by atoms with E-state index in [1.807, 2.05) is 17.0 Å².